The van der Waals surface area contributed by atoms with E-state index in [4.69, 9.17) is 11.6 Å². The number of ketones is 1. The lowest BCUT2D eigenvalue weighted by atomic mass is 10.1. The number of rotatable bonds is 2. The van der Waals surface area contributed by atoms with Crippen LogP contribution in [0.5, 0.6) is 5.75 Å². The zero-order chi connectivity index (χ0) is 15.9. The van der Waals surface area contributed by atoms with Crippen LogP contribution in [0.15, 0.2) is 42.0 Å². The minimum atomic E-state index is -0.568. The van der Waals surface area contributed by atoms with E-state index in [2.05, 4.69) is 0 Å². The van der Waals surface area contributed by atoms with E-state index in [0.29, 0.717) is 28.7 Å². The number of hydrogen-bond donors (Lipinski definition) is 1. The van der Waals surface area contributed by atoms with Gasteiger partial charge in [-0.2, -0.15) is 0 Å². The summed E-state index contributed by atoms with van der Waals surface area (Å²) < 4.78 is 0. The highest BCUT2D eigenvalue weighted by molar-refractivity contribution is 6.32. The third kappa shape index (κ3) is 2.35. The van der Waals surface area contributed by atoms with E-state index in [9.17, 15) is 20.0 Å². The van der Waals surface area contributed by atoms with Gasteiger partial charge in [0.25, 0.3) is 5.69 Å². The van der Waals surface area contributed by atoms with Crippen molar-refractivity contribution >= 4 is 29.1 Å². The van der Waals surface area contributed by atoms with E-state index in [0.717, 1.165) is 0 Å². The van der Waals surface area contributed by atoms with Crippen LogP contribution >= 0.6 is 11.6 Å². The molecule has 2 aromatic rings. The number of aromatic hydroxyl groups is 1. The van der Waals surface area contributed by atoms with Crippen LogP contribution in [-0.2, 0) is 6.42 Å². The van der Waals surface area contributed by atoms with Crippen molar-refractivity contribution in [2.24, 2.45) is 0 Å². The van der Waals surface area contributed by atoms with Crippen LogP contribution in [-0.4, -0.2) is 15.8 Å². The zero-order valence-electron chi connectivity index (χ0n) is 11.2. The van der Waals surface area contributed by atoms with Crippen molar-refractivity contribution in [1.29, 1.82) is 0 Å². The monoisotopic (exact) mass is 315 g/mol. The first kappa shape index (κ1) is 14.3. The number of fused-ring (bicyclic) bond motifs is 1. The van der Waals surface area contributed by atoms with Gasteiger partial charge in [-0.15, -0.1) is 0 Å². The molecule has 1 aliphatic carbocycles. The maximum Gasteiger partial charge on any atom is 0.288 e. The van der Waals surface area contributed by atoms with Crippen molar-refractivity contribution in [2.45, 2.75) is 6.42 Å². The second kappa shape index (κ2) is 5.27. The summed E-state index contributed by atoms with van der Waals surface area (Å²) in [6.45, 7) is 0. The Hall–Kier alpha value is -2.66. The Balaban J connectivity index is 2.02. The number of nitrogens with zero attached hydrogens (tertiary/aromatic N) is 1. The molecular weight excluding hydrogens is 306 g/mol. The van der Waals surface area contributed by atoms with Gasteiger partial charge >= 0.3 is 0 Å². The summed E-state index contributed by atoms with van der Waals surface area (Å²) in [4.78, 5) is 22.6. The Kier molecular flexibility index (Phi) is 3.42. The molecule has 5 nitrogen and oxygen atoms in total. The van der Waals surface area contributed by atoms with E-state index < -0.39 is 4.92 Å². The van der Waals surface area contributed by atoms with Crippen molar-refractivity contribution in [1.82, 2.24) is 0 Å². The average molecular weight is 316 g/mol. The number of carbonyl (C=O) groups is 1. The number of phenols is 1. The normalized spacial score (nSPS) is 15.1. The summed E-state index contributed by atoms with van der Waals surface area (Å²) in [5.41, 5.74) is 1.85. The molecule has 22 heavy (non-hydrogen) atoms. The fourth-order valence-corrected chi connectivity index (χ4v) is 2.68. The Morgan fingerprint density at radius 1 is 1.27 bits per heavy atom. The molecule has 2 aromatic carbocycles. The Labute approximate surface area is 130 Å². The molecule has 0 heterocycles. The molecule has 0 saturated carbocycles. The van der Waals surface area contributed by atoms with Gasteiger partial charge in [-0.05, 0) is 23.8 Å². The summed E-state index contributed by atoms with van der Waals surface area (Å²) in [5, 5.41) is 20.7. The third-order valence-corrected chi connectivity index (χ3v) is 3.88. The molecule has 0 bridgehead atoms. The lowest BCUT2D eigenvalue weighted by molar-refractivity contribution is -0.384. The predicted molar refractivity (Wildman–Crippen MR) is 82.2 cm³/mol. The molecule has 0 radical (unpaired) electrons. The number of nitro benzene ring substituents is 1. The molecule has 0 saturated heterocycles. The number of carbonyl (C=O) groups excluding carboxylic acids is 1. The molecule has 0 atom stereocenters. The van der Waals surface area contributed by atoms with E-state index in [1.165, 1.54) is 18.2 Å². The Morgan fingerprint density at radius 3 is 2.73 bits per heavy atom. The van der Waals surface area contributed by atoms with Crippen molar-refractivity contribution in [2.75, 3.05) is 0 Å². The smallest absolute Gasteiger partial charge is 0.288 e. The van der Waals surface area contributed by atoms with Gasteiger partial charge < -0.3 is 5.11 Å². The molecule has 0 spiro atoms. The van der Waals surface area contributed by atoms with Gasteiger partial charge in [0.2, 0.25) is 0 Å². The van der Waals surface area contributed by atoms with Crippen LogP contribution in [0.25, 0.3) is 6.08 Å². The van der Waals surface area contributed by atoms with Crippen molar-refractivity contribution in [3.8, 4) is 5.75 Å². The average Bonchev–Trinajstić information content (AvgIpc) is 2.79. The Morgan fingerprint density at radius 2 is 2.05 bits per heavy atom. The van der Waals surface area contributed by atoms with Crippen LogP contribution in [0.4, 0.5) is 5.69 Å². The van der Waals surface area contributed by atoms with Gasteiger partial charge in [0.1, 0.15) is 10.8 Å². The molecule has 0 aromatic heterocycles. The fourth-order valence-electron chi connectivity index (χ4n) is 2.49. The van der Waals surface area contributed by atoms with Crippen LogP contribution in [0.3, 0.4) is 0 Å². The number of benzene rings is 2. The van der Waals surface area contributed by atoms with Crippen LogP contribution in [0.1, 0.15) is 21.5 Å². The molecule has 1 aliphatic rings. The second-order valence-corrected chi connectivity index (χ2v) is 5.35. The zero-order valence-corrected chi connectivity index (χ0v) is 12.0. The van der Waals surface area contributed by atoms with Crippen molar-refractivity contribution < 1.29 is 14.8 Å². The first-order chi connectivity index (χ1) is 10.5. The molecule has 0 aliphatic heterocycles. The quantitative estimate of drug-likeness (QED) is 0.519. The van der Waals surface area contributed by atoms with Crippen LogP contribution in [0.2, 0.25) is 5.02 Å². The van der Waals surface area contributed by atoms with Crippen molar-refractivity contribution in [3.05, 3.63) is 73.8 Å². The highest BCUT2D eigenvalue weighted by Crippen LogP contribution is 2.34. The van der Waals surface area contributed by atoms with E-state index in [1.54, 1.807) is 24.3 Å². The number of hydrogen-bond acceptors (Lipinski definition) is 4. The SMILES string of the molecule is O=C1/C(=C\c2ccc(Cl)c([N+](=O)[O-])c2)Cc2c(O)cccc21. The minimum Gasteiger partial charge on any atom is -0.508 e. The molecule has 110 valence electrons. The molecule has 6 heteroatoms. The summed E-state index contributed by atoms with van der Waals surface area (Å²) in [5.74, 6) is -0.0974. The van der Waals surface area contributed by atoms with Gasteiger partial charge in [-0.3, -0.25) is 14.9 Å². The van der Waals surface area contributed by atoms with Crippen molar-refractivity contribution in [3.63, 3.8) is 0 Å². The lowest BCUT2D eigenvalue weighted by Gasteiger charge is -1.99. The molecule has 0 amide bonds. The number of halogens is 1. The molecule has 3 rings (SSSR count). The van der Waals surface area contributed by atoms with Gasteiger partial charge in [0.05, 0.1) is 4.92 Å². The number of allylic oxidation sites excluding steroid dienone is 1. The highest BCUT2D eigenvalue weighted by Gasteiger charge is 2.27. The van der Waals surface area contributed by atoms with Gasteiger partial charge in [0.15, 0.2) is 5.78 Å². The number of phenolic OH excluding ortho intramolecular Hbond substituents is 1. The first-order valence-corrected chi connectivity index (χ1v) is 6.85. The number of Topliss-reactive ketones (excluding diaryl/α,β-unsaturated/α-hetero) is 1. The lowest BCUT2D eigenvalue weighted by Crippen LogP contribution is -1.95. The number of nitro groups is 1. The second-order valence-electron chi connectivity index (χ2n) is 4.95. The fraction of sp³-hybridized carbons (Fsp3) is 0.0625. The molecular formula is C16H10ClNO4. The van der Waals surface area contributed by atoms with E-state index >= 15 is 0 Å². The maximum absolute atomic E-state index is 12.3. The van der Waals surface area contributed by atoms with Crippen LogP contribution < -0.4 is 0 Å². The minimum absolute atomic E-state index is 0.0471. The van der Waals surface area contributed by atoms with E-state index in [-0.39, 0.29) is 22.2 Å². The van der Waals surface area contributed by atoms with Crippen LogP contribution in [0, 0.1) is 10.1 Å². The molecule has 1 N–H and O–H groups in total. The topological polar surface area (TPSA) is 80.4 Å². The maximum atomic E-state index is 12.3. The Bertz CT molecular complexity index is 842. The van der Waals surface area contributed by atoms with Gasteiger partial charge in [-0.25, -0.2) is 0 Å². The summed E-state index contributed by atoms with van der Waals surface area (Å²) in [6, 6.07) is 9.16. The first-order valence-electron chi connectivity index (χ1n) is 6.47. The largest absolute Gasteiger partial charge is 0.508 e. The summed E-state index contributed by atoms with van der Waals surface area (Å²) in [6.07, 6.45) is 1.89. The molecule has 0 unspecified atom stereocenters. The third-order valence-electron chi connectivity index (χ3n) is 3.56. The summed E-state index contributed by atoms with van der Waals surface area (Å²) >= 11 is 5.77. The van der Waals surface area contributed by atoms with Gasteiger partial charge in [0, 0.05) is 29.2 Å². The highest BCUT2D eigenvalue weighted by atomic mass is 35.5. The van der Waals surface area contributed by atoms with Gasteiger partial charge in [-0.1, -0.05) is 29.8 Å². The standard InChI is InChI=1S/C16H10ClNO4/c17-13-5-4-9(7-14(13)18(21)22)6-10-8-12-11(16(10)20)2-1-3-15(12)19/h1-7,19H,8H2/b10-6-. The molecule has 0 fully saturated rings. The summed E-state index contributed by atoms with van der Waals surface area (Å²) in [7, 11) is 0. The predicted octanol–water partition coefficient (Wildman–Crippen LogP) is 3.78. The van der Waals surface area contributed by atoms with E-state index in [1.807, 2.05) is 0 Å².